The number of morpholine rings is 1. The van der Waals surface area contributed by atoms with Crippen LogP contribution in [0.2, 0.25) is 0 Å². The molecular formula is C23H24N6O5. The van der Waals surface area contributed by atoms with E-state index in [4.69, 9.17) is 9.47 Å². The second-order valence-corrected chi connectivity index (χ2v) is 7.37. The second kappa shape index (κ2) is 11.1. The molecule has 11 nitrogen and oxygen atoms in total. The molecule has 3 N–H and O–H groups in total. The summed E-state index contributed by atoms with van der Waals surface area (Å²) >= 11 is 0. The molecule has 4 rings (SSSR count). The molecule has 0 bridgehead atoms. The molecule has 3 aromatic rings. The summed E-state index contributed by atoms with van der Waals surface area (Å²) in [5.74, 6) is -1.18. The zero-order valence-electron chi connectivity index (χ0n) is 18.3. The van der Waals surface area contributed by atoms with Gasteiger partial charge in [-0.1, -0.05) is 12.1 Å². The van der Waals surface area contributed by atoms with Gasteiger partial charge >= 0.3 is 17.8 Å². The number of benzene rings is 1. The Morgan fingerprint density at radius 3 is 2.62 bits per heavy atom. The Kier molecular flexibility index (Phi) is 7.45. The van der Waals surface area contributed by atoms with Crippen LogP contribution in [-0.2, 0) is 20.7 Å². The minimum Gasteiger partial charge on any atom is -0.508 e. The molecule has 176 valence electrons. The number of hydrogen-bond acceptors (Lipinski definition) is 9. The molecule has 34 heavy (non-hydrogen) atoms. The maximum atomic E-state index is 12.5. The number of carbonyl (C=O) groups excluding carboxylic acids is 2. The van der Waals surface area contributed by atoms with Gasteiger partial charge in [-0.25, -0.2) is 0 Å². The van der Waals surface area contributed by atoms with E-state index in [1.54, 1.807) is 24.4 Å². The van der Waals surface area contributed by atoms with Crippen molar-refractivity contribution in [3.63, 3.8) is 0 Å². The van der Waals surface area contributed by atoms with Crippen LogP contribution in [0.25, 0.3) is 0 Å². The summed E-state index contributed by atoms with van der Waals surface area (Å²) in [5.41, 5.74) is 1.15. The fourth-order valence-electron chi connectivity index (χ4n) is 3.23. The minimum absolute atomic E-state index is 0.0309. The Morgan fingerprint density at radius 2 is 1.85 bits per heavy atom. The highest BCUT2D eigenvalue weighted by atomic mass is 16.5. The first-order valence-electron chi connectivity index (χ1n) is 10.7. The number of phenolic OH excluding ortho intramolecular Hbond substituents is 1. The molecule has 0 atom stereocenters. The fourth-order valence-corrected chi connectivity index (χ4v) is 3.23. The third-order valence-electron chi connectivity index (χ3n) is 4.89. The number of amides is 2. The van der Waals surface area contributed by atoms with Gasteiger partial charge in [0.25, 0.3) is 0 Å². The maximum Gasteiger partial charge on any atom is 0.320 e. The number of phenols is 1. The standard InChI is InChI=1S/C23H24N6O5/c30-18-6-3-5-17(14-18)25-21(31)22(32)26-19-15-20(29-9-12-33-13-10-29)28-23(27-19)34-11-7-16-4-1-2-8-24-16/h1-6,8,14-15,30H,7,9-13H2,(H,25,31)(H,26,27,28,32). The molecule has 1 fully saturated rings. The molecule has 0 spiro atoms. The Hall–Kier alpha value is -4.25. The highest BCUT2D eigenvalue weighted by Gasteiger charge is 2.19. The predicted octanol–water partition coefficient (Wildman–Crippen LogP) is 1.61. The van der Waals surface area contributed by atoms with Gasteiger partial charge < -0.3 is 30.1 Å². The van der Waals surface area contributed by atoms with Crippen molar-refractivity contribution in [2.24, 2.45) is 0 Å². The monoisotopic (exact) mass is 464 g/mol. The summed E-state index contributed by atoms with van der Waals surface area (Å²) in [7, 11) is 0. The zero-order chi connectivity index (χ0) is 23.8. The van der Waals surface area contributed by atoms with Crippen LogP contribution in [-0.4, -0.2) is 64.8 Å². The lowest BCUT2D eigenvalue weighted by Crippen LogP contribution is -2.37. The lowest BCUT2D eigenvalue weighted by Gasteiger charge is -2.28. The first kappa shape index (κ1) is 22.9. The Labute approximate surface area is 195 Å². The third kappa shape index (κ3) is 6.39. The van der Waals surface area contributed by atoms with Crippen LogP contribution in [0.4, 0.5) is 17.3 Å². The van der Waals surface area contributed by atoms with Gasteiger partial charge in [0.05, 0.1) is 19.8 Å². The largest absolute Gasteiger partial charge is 0.508 e. The van der Waals surface area contributed by atoms with Crippen molar-refractivity contribution in [3.8, 4) is 11.8 Å². The zero-order valence-corrected chi connectivity index (χ0v) is 18.3. The van der Waals surface area contributed by atoms with Gasteiger partial charge in [0, 0.05) is 49.2 Å². The molecule has 1 aliphatic heterocycles. The van der Waals surface area contributed by atoms with Gasteiger partial charge in [0.1, 0.15) is 17.4 Å². The van der Waals surface area contributed by atoms with Crippen LogP contribution in [0.1, 0.15) is 5.69 Å². The summed E-state index contributed by atoms with van der Waals surface area (Å²) in [6, 6.07) is 13.2. The topological polar surface area (TPSA) is 139 Å². The molecule has 11 heteroatoms. The highest BCUT2D eigenvalue weighted by Crippen LogP contribution is 2.21. The average molecular weight is 464 g/mol. The third-order valence-corrected chi connectivity index (χ3v) is 4.89. The van der Waals surface area contributed by atoms with E-state index in [9.17, 15) is 14.7 Å². The minimum atomic E-state index is -0.922. The summed E-state index contributed by atoms with van der Waals surface area (Å²) in [6.07, 6.45) is 2.26. The van der Waals surface area contributed by atoms with Crippen molar-refractivity contribution >= 4 is 29.1 Å². The number of nitrogens with one attached hydrogen (secondary N) is 2. The Bertz CT molecular complexity index is 1140. The van der Waals surface area contributed by atoms with Crippen LogP contribution < -0.4 is 20.3 Å². The van der Waals surface area contributed by atoms with Gasteiger partial charge in [-0.05, 0) is 24.3 Å². The van der Waals surface area contributed by atoms with Crippen molar-refractivity contribution < 1.29 is 24.2 Å². The van der Waals surface area contributed by atoms with Crippen molar-refractivity contribution in [2.45, 2.75) is 6.42 Å². The van der Waals surface area contributed by atoms with Crippen molar-refractivity contribution in [1.29, 1.82) is 0 Å². The van der Waals surface area contributed by atoms with Gasteiger partial charge in [-0.3, -0.25) is 14.6 Å². The lowest BCUT2D eigenvalue weighted by molar-refractivity contribution is -0.133. The molecule has 0 aliphatic carbocycles. The molecular weight excluding hydrogens is 440 g/mol. The van der Waals surface area contributed by atoms with Crippen molar-refractivity contribution in [1.82, 2.24) is 15.0 Å². The van der Waals surface area contributed by atoms with Gasteiger partial charge in [0.2, 0.25) is 0 Å². The van der Waals surface area contributed by atoms with E-state index in [2.05, 4.69) is 25.6 Å². The molecule has 1 saturated heterocycles. The van der Waals surface area contributed by atoms with Gasteiger partial charge in [-0.2, -0.15) is 9.97 Å². The maximum absolute atomic E-state index is 12.5. The number of aromatic hydroxyl groups is 1. The van der Waals surface area contributed by atoms with Crippen molar-refractivity contribution in [3.05, 3.63) is 60.4 Å². The number of anilines is 3. The van der Waals surface area contributed by atoms with E-state index >= 15 is 0 Å². The van der Waals surface area contributed by atoms with E-state index in [0.29, 0.717) is 38.5 Å². The van der Waals surface area contributed by atoms with Crippen LogP contribution in [0, 0.1) is 0 Å². The molecule has 2 aromatic heterocycles. The quantitative estimate of drug-likeness (QED) is 0.445. The molecule has 3 heterocycles. The number of pyridine rings is 1. The van der Waals surface area contributed by atoms with Gasteiger partial charge in [-0.15, -0.1) is 0 Å². The highest BCUT2D eigenvalue weighted by molar-refractivity contribution is 6.43. The first-order chi connectivity index (χ1) is 16.6. The summed E-state index contributed by atoms with van der Waals surface area (Å²) in [6.45, 7) is 2.63. The Morgan fingerprint density at radius 1 is 1.03 bits per heavy atom. The smallest absolute Gasteiger partial charge is 0.320 e. The number of ether oxygens (including phenoxy) is 2. The van der Waals surface area contributed by atoms with Crippen LogP contribution in [0.3, 0.4) is 0 Å². The van der Waals surface area contributed by atoms with E-state index in [1.165, 1.54) is 12.1 Å². The molecule has 0 radical (unpaired) electrons. The molecule has 0 unspecified atom stereocenters. The fraction of sp³-hybridized carbons (Fsp3) is 0.261. The second-order valence-electron chi connectivity index (χ2n) is 7.37. The predicted molar refractivity (Wildman–Crippen MR) is 124 cm³/mol. The Balaban J connectivity index is 1.46. The lowest BCUT2D eigenvalue weighted by atomic mass is 10.3. The molecule has 2 amide bonds. The SMILES string of the molecule is O=C(Nc1cccc(O)c1)C(=O)Nc1cc(N2CCOCC2)nc(OCCc2ccccn2)n1. The van der Waals surface area contributed by atoms with Crippen LogP contribution >= 0.6 is 0 Å². The molecule has 1 aliphatic rings. The van der Waals surface area contributed by atoms with Crippen molar-refractivity contribution in [2.75, 3.05) is 48.4 Å². The number of hydrogen-bond donors (Lipinski definition) is 3. The first-order valence-corrected chi connectivity index (χ1v) is 10.7. The number of rotatable bonds is 7. The summed E-state index contributed by atoms with van der Waals surface area (Å²) in [4.78, 5) is 39.7. The van der Waals surface area contributed by atoms with Gasteiger partial charge in [0.15, 0.2) is 0 Å². The molecule has 0 saturated carbocycles. The number of nitrogens with zero attached hydrogens (tertiary/aromatic N) is 4. The molecule has 1 aromatic carbocycles. The summed E-state index contributed by atoms with van der Waals surface area (Å²) in [5, 5.41) is 14.4. The number of carbonyl (C=O) groups is 2. The van der Waals surface area contributed by atoms with E-state index in [-0.39, 0.29) is 29.9 Å². The number of aromatic nitrogens is 3. The van der Waals surface area contributed by atoms with E-state index in [1.807, 2.05) is 23.1 Å². The van der Waals surface area contributed by atoms with Crippen LogP contribution in [0.15, 0.2) is 54.7 Å². The van der Waals surface area contributed by atoms with E-state index < -0.39 is 11.8 Å². The average Bonchev–Trinajstić information content (AvgIpc) is 2.85. The van der Waals surface area contributed by atoms with E-state index in [0.717, 1.165) is 5.69 Å². The normalized spacial score (nSPS) is 13.2. The van der Waals surface area contributed by atoms with Crippen LogP contribution in [0.5, 0.6) is 11.8 Å². The summed E-state index contributed by atoms with van der Waals surface area (Å²) < 4.78 is 11.1.